The highest BCUT2D eigenvalue weighted by Gasteiger charge is 1.88. The average Bonchev–Trinajstić information content (AvgIpc) is 2.26. The Morgan fingerprint density at radius 1 is 1.27 bits per heavy atom. The molecule has 0 bridgehead atoms. The molecule has 0 unspecified atom stereocenters. The summed E-state index contributed by atoms with van der Waals surface area (Å²) in [6.07, 6.45) is 5.22. The van der Waals surface area contributed by atoms with E-state index >= 15 is 0 Å². The Morgan fingerprint density at radius 2 is 2.00 bits per heavy atom. The molecule has 1 aromatic carbocycles. The van der Waals surface area contributed by atoms with Crippen molar-refractivity contribution in [1.82, 2.24) is 0 Å². The predicted molar refractivity (Wildman–Crippen MR) is 67.2 cm³/mol. The fourth-order valence-corrected chi connectivity index (χ4v) is 1.38. The van der Waals surface area contributed by atoms with E-state index in [1.54, 1.807) is 6.21 Å². The Labute approximate surface area is 99.5 Å². The summed E-state index contributed by atoms with van der Waals surface area (Å²) < 4.78 is 1.07. The Kier molecular flexibility index (Phi) is 6.09. The van der Waals surface area contributed by atoms with E-state index in [0.29, 0.717) is 6.61 Å². The number of hydrogen-bond donors (Lipinski definition) is 0. The maximum Gasteiger partial charge on any atom is 0.117 e. The first kappa shape index (κ1) is 12.2. The van der Waals surface area contributed by atoms with E-state index in [1.807, 2.05) is 24.3 Å². The maximum atomic E-state index is 5.13. The van der Waals surface area contributed by atoms with Crippen LogP contribution >= 0.6 is 15.9 Å². The van der Waals surface area contributed by atoms with Crippen molar-refractivity contribution < 1.29 is 4.84 Å². The van der Waals surface area contributed by atoms with Gasteiger partial charge in [0.2, 0.25) is 0 Å². The zero-order chi connectivity index (χ0) is 10.9. The summed E-state index contributed by atoms with van der Waals surface area (Å²) in [5.41, 5.74) is 1.05. The number of oxime groups is 1. The first-order valence-corrected chi connectivity index (χ1v) is 6.03. The molecule has 1 aromatic rings. The standard InChI is InChI=1S/C12H16BrNO/c1-2-3-4-9-15-14-10-11-5-7-12(13)8-6-11/h5-8,10H,2-4,9H2,1H3. The van der Waals surface area contributed by atoms with Gasteiger partial charge in [0, 0.05) is 4.47 Å². The fraction of sp³-hybridized carbons (Fsp3) is 0.417. The highest BCUT2D eigenvalue weighted by molar-refractivity contribution is 9.10. The molecule has 0 heterocycles. The van der Waals surface area contributed by atoms with Crippen molar-refractivity contribution in [2.24, 2.45) is 5.16 Å². The van der Waals surface area contributed by atoms with Crippen LogP contribution in [0.4, 0.5) is 0 Å². The quantitative estimate of drug-likeness (QED) is 0.435. The molecule has 0 aromatic heterocycles. The van der Waals surface area contributed by atoms with Crippen molar-refractivity contribution in [2.75, 3.05) is 6.61 Å². The van der Waals surface area contributed by atoms with E-state index in [4.69, 9.17) is 4.84 Å². The van der Waals surface area contributed by atoms with Gasteiger partial charge >= 0.3 is 0 Å². The van der Waals surface area contributed by atoms with Crippen LogP contribution in [0.15, 0.2) is 33.9 Å². The molecular formula is C12H16BrNO. The van der Waals surface area contributed by atoms with Crippen LogP contribution in [0, 0.1) is 0 Å². The van der Waals surface area contributed by atoms with Crippen LogP contribution in [0.2, 0.25) is 0 Å². The topological polar surface area (TPSA) is 21.6 Å². The molecule has 0 fully saturated rings. The lowest BCUT2D eigenvalue weighted by molar-refractivity contribution is 0.141. The van der Waals surface area contributed by atoms with E-state index in [0.717, 1.165) is 16.5 Å². The van der Waals surface area contributed by atoms with E-state index in [9.17, 15) is 0 Å². The smallest absolute Gasteiger partial charge is 0.117 e. The molecule has 3 heteroatoms. The molecule has 0 saturated heterocycles. The Morgan fingerprint density at radius 3 is 2.67 bits per heavy atom. The molecule has 0 spiro atoms. The first-order chi connectivity index (χ1) is 7.33. The minimum atomic E-state index is 0.709. The van der Waals surface area contributed by atoms with Gasteiger partial charge in [0.15, 0.2) is 0 Å². The minimum absolute atomic E-state index is 0.709. The zero-order valence-corrected chi connectivity index (χ0v) is 10.5. The van der Waals surface area contributed by atoms with Gasteiger partial charge < -0.3 is 4.84 Å². The Balaban J connectivity index is 2.23. The normalized spacial score (nSPS) is 10.8. The Hall–Kier alpha value is -0.830. The van der Waals surface area contributed by atoms with Gasteiger partial charge in [-0.05, 0) is 24.1 Å². The van der Waals surface area contributed by atoms with Crippen molar-refractivity contribution in [3.05, 3.63) is 34.3 Å². The summed E-state index contributed by atoms with van der Waals surface area (Å²) in [6.45, 7) is 2.88. The molecule has 0 aliphatic heterocycles. The third-order valence-electron chi connectivity index (χ3n) is 1.99. The highest BCUT2D eigenvalue weighted by atomic mass is 79.9. The van der Waals surface area contributed by atoms with E-state index in [2.05, 4.69) is 28.0 Å². The van der Waals surface area contributed by atoms with Gasteiger partial charge in [-0.2, -0.15) is 0 Å². The van der Waals surface area contributed by atoms with Gasteiger partial charge in [-0.25, -0.2) is 0 Å². The molecule has 2 nitrogen and oxygen atoms in total. The summed E-state index contributed by atoms with van der Waals surface area (Å²) in [7, 11) is 0. The maximum absolute atomic E-state index is 5.13. The number of rotatable bonds is 6. The summed E-state index contributed by atoms with van der Waals surface area (Å²) in [6, 6.07) is 7.95. The van der Waals surface area contributed by atoms with E-state index in [1.165, 1.54) is 12.8 Å². The SMILES string of the molecule is CCCCCON=Cc1ccc(Br)cc1. The molecule has 15 heavy (non-hydrogen) atoms. The van der Waals surface area contributed by atoms with E-state index in [-0.39, 0.29) is 0 Å². The lowest BCUT2D eigenvalue weighted by Gasteiger charge is -1.97. The molecular weight excluding hydrogens is 254 g/mol. The predicted octanol–water partition coefficient (Wildman–Crippen LogP) is 3.99. The van der Waals surface area contributed by atoms with Crippen LogP contribution < -0.4 is 0 Å². The molecule has 82 valence electrons. The van der Waals surface area contributed by atoms with Crippen LogP contribution in [0.5, 0.6) is 0 Å². The molecule has 0 aliphatic rings. The first-order valence-electron chi connectivity index (χ1n) is 5.24. The summed E-state index contributed by atoms with van der Waals surface area (Å²) in [5, 5.41) is 3.90. The van der Waals surface area contributed by atoms with Crippen molar-refractivity contribution >= 4 is 22.1 Å². The van der Waals surface area contributed by atoms with Gasteiger partial charge in [-0.3, -0.25) is 0 Å². The van der Waals surface area contributed by atoms with Gasteiger partial charge in [0.1, 0.15) is 6.61 Å². The molecule has 0 aliphatic carbocycles. The summed E-state index contributed by atoms with van der Waals surface area (Å²) in [5.74, 6) is 0. The van der Waals surface area contributed by atoms with Crippen molar-refractivity contribution in [2.45, 2.75) is 26.2 Å². The largest absolute Gasteiger partial charge is 0.396 e. The van der Waals surface area contributed by atoms with Crippen molar-refractivity contribution in [3.8, 4) is 0 Å². The molecule has 0 N–H and O–H groups in total. The van der Waals surface area contributed by atoms with Gasteiger partial charge in [-0.15, -0.1) is 0 Å². The van der Waals surface area contributed by atoms with Crippen molar-refractivity contribution in [3.63, 3.8) is 0 Å². The van der Waals surface area contributed by atoms with Crippen LogP contribution in [-0.4, -0.2) is 12.8 Å². The van der Waals surface area contributed by atoms with Crippen LogP contribution in [0.25, 0.3) is 0 Å². The number of benzene rings is 1. The number of unbranched alkanes of at least 4 members (excludes halogenated alkanes) is 2. The van der Waals surface area contributed by atoms with E-state index < -0.39 is 0 Å². The molecule has 0 amide bonds. The second-order valence-electron chi connectivity index (χ2n) is 3.33. The number of hydrogen-bond acceptors (Lipinski definition) is 2. The third kappa shape index (κ3) is 5.57. The number of nitrogens with zero attached hydrogens (tertiary/aromatic N) is 1. The second-order valence-corrected chi connectivity index (χ2v) is 4.24. The monoisotopic (exact) mass is 269 g/mol. The highest BCUT2D eigenvalue weighted by Crippen LogP contribution is 2.09. The lowest BCUT2D eigenvalue weighted by atomic mass is 10.2. The Bertz CT molecular complexity index is 295. The molecule has 1 rings (SSSR count). The van der Waals surface area contributed by atoms with Gasteiger partial charge in [-0.1, -0.05) is 53.0 Å². The summed E-state index contributed by atoms with van der Waals surface area (Å²) >= 11 is 3.38. The van der Waals surface area contributed by atoms with Crippen LogP contribution in [0.1, 0.15) is 31.7 Å². The summed E-state index contributed by atoms with van der Waals surface area (Å²) in [4.78, 5) is 5.13. The molecule has 0 saturated carbocycles. The third-order valence-corrected chi connectivity index (χ3v) is 2.51. The van der Waals surface area contributed by atoms with Crippen molar-refractivity contribution in [1.29, 1.82) is 0 Å². The average molecular weight is 270 g/mol. The minimum Gasteiger partial charge on any atom is -0.396 e. The second kappa shape index (κ2) is 7.46. The van der Waals surface area contributed by atoms with Crippen LogP contribution in [0.3, 0.4) is 0 Å². The molecule has 0 radical (unpaired) electrons. The van der Waals surface area contributed by atoms with Gasteiger partial charge in [0.25, 0.3) is 0 Å². The molecule has 0 atom stereocenters. The fourth-order valence-electron chi connectivity index (χ4n) is 1.12. The van der Waals surface area contributed by atoms with Crippen LogP contribution in [-0.2, 0) is 4.84 Å². The number of halogens is 1. The van der Waals surface area contributed by atoms with Gasteiger partial charge in [0.05, 0.1) is 6.21 Å². The zero-order valence-electron chi connectivity index (χ0n) is 8.95. The lowest BCUT2D eigenvalue weighted by Crippen LogP contribution is -1.88.